The van der Waals surface area contributed by atoms with E-state index in [4.69, 9.17) is 10.00 Å². The van der Waals surface area contributed by atoms with Gasteiger partial charge in [0.2, 0.25) is 0 Å². The van der Waals surface area contributed by atoms with Crippen molar-refractivity contribution in [2.24, 2.45) is 0 Å². The highest BCUT2D eigenvalue weighted by molar-refractivity contribution is 5.37. The Balaban J connectivity index is 2.26. The molecule has 2 rings (SSSR count). The zero-order valence-corrected chi connectivity index (χ0v) is 7.96. The molecule has 1 aromatic carbocycles. The van der Waals surface area contributed by atoms with E-state index >= 15 is 0 Å². The third kappa shape index (κ3) is 1.91. The Labute approximate surface area is 86.1 Å². The second-order valence-electron chi connectivity index (χ2n) is 3.55. The molecule has 1 aromatic rings. The van der Waals surface area contributed by atoms with Gasteiger partial charge in [0.15, 0.2) is 17.4 Å². The van der Waals surface area contributed by atoms with Crippen LogP contribution in [-0.2, 0) is 0 Å². The van der Waals surface area contributed by atoms with Crippen LogP contribution in [0, 0.1) is 23.0 Å². The lowest BCUT2D eigenvalue weighted by atomic mass is 9.96. The van der Waals surface area contributed by atoms with Gasteiger partial charge in [-0.3, -0.25) is 0 Å². The number of ether oxygens (including phenoxy) is 1. The molecule has 4 heteroatoms. The van der Waals surface area contributed by atoms with Crippen molar-refractivity contribution in [2.75, 3.05) is 0 Å². The Morgan fingerprint density at radius 1 is 1.27 bits per heavy atom. The molecule has 0 N–H and O–H groups in total. The number of halogens is 2. The topological polar surface area (TPSA) is 33.0 Å². The van der Waals surface area contributed by atoms with Gasteiger partial charge in [-0.2, -0.15) is 5.26 Å². The number of nitrogens with zero attached hydrogens (tertiary/aromatic N) is 1. The van der Waals surface area contributed by atoms with Crippen LogP contribution in [0.25, 0.3) is 0 Å². The van der Waals surface area contributed by atoms with Gasteiger partial charge in [0.25, 0.3) is 0 Å². The molecule has 2 nitrogen and oxygen atoms in total. The summed E-state index contributed by atoms with van der Waals surface area (Å²) in [5.74, 6) is -1.98. The van der Waals surface area contributed by atoms with E-state index in [1.807, 2.05) is 0 Å². The molecule has 0 amide bonds. The lowest BCUT2D eigenvalue weighted by molar-refractivity contribution is 0.109. The van der Waals surface area contributed by atoms with Gasteiger partial charge in [-0.1, -0.05) is 0 Å². The SMILES string of the molecule is N#Cc1cc(F)c(OC2CCC2)c(F)c1. The lowest BCUT2D eigenvalue weighted by Gasteiger charge is -2.26. The van der Waals surface area contributed by atoms with Crippen LogP contribution in [0.4, 0.5) is 8.78 Å². The number of rotatable bonds is 2. The number of nitriles is 1. The molecule has 1 aliphatic rings. The molecule has 0 atom stereocenters. The number of hydrogen-bond donors (Lipinski definition) is 0. The van der Waals surface area contributed by atoms with Gasteiger partial charge in [-0.15, -0.1) is 0 Å². The molecular weight excluding hydrogens is 200 g/mol. The predicted molar refractivity (Wildman–Crippen MR) is 49.3 cm³/mol. The summed E-state index contributed by atoms with van der Waals surface area (Å²) in [6.07, 6.45) is 2.61. The van der Waals surface area contributed by atoms with Crippen molar-refractivity contribution in [1.29, 1.82) is 5.26 Å². The van der Waals surface area contributed by atoms with Crippen LogP contribution in [0.3, 0.4) is 0 Å². The van der Waals surface area contributed by atoms with Gasteiger partial charge in [0, 0.05) is 0 Å². The lowest BCUT2D eigenvalue weighted by Crippen LogP contribution is -2.25. The second-order valence-corrected chi connectivity index (χ2v) is 3.55. The first-order chi connectivity index (χ1) is 7.20. The van der Waals surface area contributed by atoms with Crippen LogP contribution in [0.5, 0.6) is 5.75 Å². The summed E-state index contributed by atoms with van der Waals surface area (Å²) in [7, 11) is 0. The minimum Gasteiger partial charge on any atom is -0.484 e. The Morgan fingerprint density at radius 2 is 1.87 bits per heavy atom. The van der Waals surface area contributed by atoms with Gasteiger partial charge in [0.1, 0.15) is 0 Å². The summed E-state index contributed by atoms with van der Waals surface area (Å²) in [6, 6.07) is 3.65. The highest BCUT2D eigenvalue weighted by atomic mass is 19.1. The maximum Gasteiger partial charge on any atom is 0.191 e. The average Bonchev–Trinajstić information content (AvgIpc) is 2.13. The van der Waals surface area contributed by atoms with E-state index in [2.05, 4.69) is 0 Å². The maximum absolute atomic E-state index is 13.3. The Hall–Kier alpha value is -1.63. The van der Waals surface area contributed by atoms with Crippen molar-refractivity contribution in [1.82, 2.24) is 0 Å². The Morgan fingerprint density at radius 3 is 2.27 bits per heavy atom. The molecule has 0 unspecified atom stereocenters. The molecule has 0 aromatic heterocycles. The first kappa shape index (κ1) is 9.91. The van der Waals surface area contributed by atoms with Crippen molar-refractivity contribution in [3.63, 3.8) is 0 Å². The number of benzene rings is 1. The maximum atomic E-state index is 13.3. The fraction of sp³-hybridized carbons (Fsp3) is 0.364. The molecule has 0 bridgehead atoms. The third-order valence-electron chi connectivity index (χ3n) is 2.46. The first-order valence-corrected chi connectivity index (χ1v) is 4.76. The van der Waals surface area contributed by atoms with Crippen molar-refractivity contribution >= 4 is 0 Å². The van der Waals surface area contributed by atoms with E-state index < -0.39 is 11.6 Å². The van der Waals surface area contributed by atoms with Crippen molar-refractivity contribution in [2.45, 2.75) is 25.4 Å². The van der Waals surface area contributed by atoms with Crippen LogP contribution >= 0.6 is 0 Å². The fourth-order valence-electron chi connectivity index (χ4n) is 1.39. The zero-order chi connectivity index (χ0) is 10.8. The second kappa shape index (κ2) is 3.85. The van der Waals surface area contributed by atoms with E-state index in [-0.39, 0.29) is 17.4 Å². The molecule has 0 saturated heterocycles. The zero-order valence-electron chi connectivity index (χ0n) is 7.96. The predicted octanol–water partition coefficient (Wildman–Crippen LogP) is 2.77. The highest BCUT2D eigenvalue weighted by Crippen LogP contribution is 2.29. The minimum absolute atomic E-state index is 0.0361. The van der Waals surface area contributed by atoms with Crippen LogP contribution in [-0.4, -0.2) is 6.10 Å². The van der Waals surface area contributed by atoms with Crippen molar-refractivity contribution < 1.29 is 13.5 Å². The van der Waals surface area contributed by atoms with E-state index in [1.54, 1.807) is 6.07 Å². The highest BCUT2D eigenvalue weighted by Gasteiger charge is 2.23. The number of hydrogen-bond acceptors (Lipinski definition) is 2. The van der Waals surface area contributed by atoms with E-state index in [0.717, 1.165) is 31.4 Å². The van der Waals surface area contributed by atoms with Gasteiger partial charge in [-0.25, -0.2) is 8.78 Å². The van der Waals surface area contributed by atoms with Gasteiger partial charge in [-0.05, 0) is 31.4 Å². The molecule has 0 heterocycles. The first-order valence-electron chi connectivity index (χ1n) is 4.76. The Kier molecular flexibility index (Phi) is 2.55. The summed E-state index contributed by atoms with van der Waals surface area (Å²) >= 11 is 0. The Bertz CT molecular complexity index is 398. The average molecular weight is 209 g/mol. The van der Waals surface area contributed by atoms with Crippen LogP contribution < -0.4 is 4.74 Å². The smallest absolute Gasteiger partial charge is 0.191 e. The summed E-state index contributed by atoms with van der Waals surface area (Å²) in [5, 5.41) is 8.49. The van der Waals surface area contributed by atoms with Gasteiger partial charge in [0.05, 0.1) is 17.7 Å². The molecule has 78 valence electrons. The molecular formula is C11H9F2NO. The molecule has 0 radical (unpaired) electrons. The fourth-order valence-corrected chi connectivity index (χ4v) is 1.39. The van der Waals surface area contributed by atoms with E-state index in [1.165, 1.54) is 0 Å². The van der Waals surface area contributed by atoms with Crippen LogP contribution in [0.2, 0.25) is 0 Å². The monoisotopic (exact) mass is 209 g/mol. The van der Waals surface area contributed by atoms with Gasteiger partial charge >= 0.3 is 0 Å². The van der Waals surface area contributed by atoms with Crippen molar-refractivity contribution in [3.8, 4) is 11.8 Å². The molecule has 1 saturated carbocycles. The molecule has 15 heavy (non-hydrogen) atoms. The van der Waals surface area contributed by atoms with Gasteiger partial charge < -0.3 is 4.74 Å². The van der Waals surface area contributed by atoms with Crippen LogP contribution in [0.1, 0.15) is 24.8 Å². The minimum atomic E-state index is -0.807. The normalized spacial score (nSPS) is 15.5. The molecule has 1 aliphatic carbocycles. The molecule has 1 fully saturated rings. The summed E-state index contributed by atoms with van der Waals surface area (Å²) in [5.41, 5.74) is -0.0361. The molecule has 0 spiro atoms. The van der Waals surface area contributed by atoms with E-state index in [0.29, 0.717) is 0 Å². The van der Waals surface area contributed by atoms with Crippen molar-refractivity contribution in [3.05, 3.63) is 29.3 Å². The summed E-state index contributed by atoms with van der Waals surface area (Å²) in [6.45, 7) is 0. The van der Waals surface area contributed by atoms with Crippen LogP contribution in [0.15, 0.2) is 12.1 Å². The molecule has 0 aliphatic heterocycles. The van der Waals surface area contributed by atoms with E-state index in [9.17, 15) is 8.78 Å². The largest absolute Gasteiger partial charge is 0.484 e. The standard InChI is InChI=1S/C11H9F2NO/c12-9-4-7(6-14)5-10(13)11(9)15-8-2-1-3-8/h4-5,8H,1-3H2. The quantitative estimate of drug-likeness (QED) is 0.750. The summed E-state index contributed by atoms with van der Waals surface area (Å²) in [4.78, 5) is 0. The summed E-state index contributed by atoms with van der Waals surface area (Å²) < 4.78 is 31.8. The third-order valence-corrected chi connectivity index (χ3v) is 2.46.